The Morgan fingerprint density at radius 2 is 2.17 bits per heavy atom. The molecule has 104 valence electrons. The maximum Gasteiger partial charge on any atom is 0.157 e. The second-order valence-corrected chi connectivity index (χ2v) is 6.58. The van der Waals surface area contributed by atoms with Gasteiger partial charge in [-0.3, -0.25) is 4.99 Å². The second kappa shape index (κ2) is 5.80. The lowest BCUT2D eigenvalue weighted by Crippen LogP contribution is -2.48. The summed E-state index contributed by atoms with van der Waals surface area (Å²) in [5.74, 6) is 1.12. The molecular weight excluding hydrogens is 248 g/mol. The zero-order valence-corrected chi connectivity index (χ0v) is 12.4. The Kier molecular flexibility index (Phi) is 4.56. The average Bonchev–Trinajstić information content (AvgIpc) is 2.71. The van der Waals surface area contributed by atoms with Crippen LogP contribution in [0.15, 0.2) is 4.99 Å². The Balaban J connectivity index is 1.88. The topological polar surface area (TPSA) is 42.8 Å². The first-order valence-electron chi connectivity index (χ1n) is 6.72. The number of hydrogen-bond donors (Lipinski definition) is 1. The first kappa shape index (κ1) is 14.2. The van der Waals surface area contributed by atoms with Gasteiger partial charge in [-0.1, -0.05) is 11.8 Å². The fourth-order valence-electron chi connectivity index (χ4n) is 2.32. The smallest absolute Gasteiger partial charge is 0.157 e. The van der Waals surface area contributed by atoms with E-state index in [2.05, 4.69) is 24.2 Å². The van der Waals surface area contributed by atoms with E-state index in [0.717, 1.165) is 43.6 Å². The van der Waals surface area contributed by atoms with Gasteiger partial charge in [-0.15, -0.1) is 0 Å². The Morgan fingerprint density at radius 1 is 1.44 bits per heavy atom. The van der Waals surface area contributed by atoms with Crippen LogP contribution < -0.4 is 5.32 Å². The minimum atomic E-state index is -0.171. The van der Waals surface area contributed by atoms with E-state index in [1.165, 1.54) is 0 Å². The highest BCUT2D eigenvalue weighted by atomic mass is 32.2. The van der Waals surface area contributed by atoms with Gasteiger partial charge in [0.2, 0.25) is 0 Å². The molecule has 0 aromatic rings. The first-order valence-corrected chi connectivity index (χ1v) is 7.71. The SMILES string of the molecule is CCOC(C)(C)CN=C1NC2(CCOCC2)CS1. The third-order valence-electron chi connectivity index (χ3n) is 3.45. The van der Waals surface area contributed by atoms with Gasteiger partial charge in [-0.2, -0.15) is 0 Å². The lowest BCUT2D eigenvalue weighted by atomic mass is 9.93. The fourth-order valence-corrected chi connectivity index (χ4v) is 3.54. The van der Waals surface area contributed by atoms with Crippen molar-refractivity contribution in [3.05, 3.63) is 0 Å². The summed E-state index contributed by atoms with van der Waals surface area (Å²) in [6.07, 6.45) is 2.18. The van der Waals surface area contributed by atoms with Crippen LogP contribution in [0.2, 0.25) is 0 Å². The van der Waals surface area contributed by atoms with Crippen molar-refractivity contribution in [1.29, 1.82) is 0 Å². The van der Waals surface area contributed by atoms with Crippen molar-refractivity contribution < 1.29 is 9.47 Å². The largest absolute Gasteiger partial charge is 0.381 e. The molecule has 4 nitrogen and oxygen atoms in total. The average molecular weight is 272 g/mol. The van der Waals surface area contributed by atoms with Gasteiger partial charge in [-0.05, 0) is 33.6 Å². The molecule has 2 rings (SSSR count). The van der Waals surface area contributed by atoms with E-state index in [4.69, 9.17) is 9.47 Å². The molecule has 0 unspecified atom stereocenters. The lowest BCUT2D eigenvalue weighted by molar-refractivity contribution is -0.00215. The molecule has 2 aliphatic heterocycles. The summed E-state index contributed by atoms with van der Waals surface area (Å²) in [4.78, 5) is 4.67. The summed E-state index contributed by atoms with van der Waals surface area (Å²) in [6, 6.07) is 0. The van der Waals surface area contributed by atoms with Gasteiger partial charge >= 0.3 is 0 Å². The van der Waals surface area contributed by atoms with Crippen LogP contribution in [0.25, 0.3) is 0 Å². The van der Waals surface area contributed by atoms with Crippen LogP contribution in [0.1, 0.15) is 33.6 Å². The summed E-state index contributed by atoms with van der Waals surface area (Å²) in [5, 5.41) is 4.67. The number of ether oxygens (including phenoxy) is 2. The molecule has 1 spiro atoms. The van der Waals surface area contributed by atoms with E-state index in [1.54, 1.807) is 0 Å². The molecule has 18 heavy (non-hydrogen) atoms. The molecule has 0 bridgehead atoms. The molecule has 2 fully saturated rings. The number of amidine groups is 1. The van der Waals surface area contributed by atoms with E-state index in [1.807, 2.05) is 18.7 Å². The Morgan fingerprint density at radius 3 is 2.83 bits per heavy atom. The minimum absolute atomic E-state index is 0.171. The van der Waals surface area contributed by atoms with Crippen molar-refractivity contribution in [2.45, 2.75) is 44.8 Å². The maximum absolute atomic E-state index is 5.66. The molecule has 0 radical (unpaired) electrons. The van der Waals surface area contributed by atoms with E-state index < -0.39 is 0 Å². The molecule has 0 atom stereocenters. The molecule has 2 aliphatic rings. The molecule has 0 aliphatic carbocycles. The summed E-state index contributed by atoms with van der Waals surface area (Å²) in [5.41, 5.74) is 0.0624. The van der Waals surface area contributed by atoms with Crippen molar-refractivity contribution in [3.8, 4) is 0 Å². The number of hydrogen-bond acceptors (Lipinski definition) is 4. The van der Waals surface area contributed by atoms with E-state index >= 15 is 0 Å². The third kappa shape index (κ3) is 3.62. The highest BCUT2D eigenvalue weighted by Crippen LogP contribution is 2.31. The first-order chi connectivity index (χ1) is 8.55. The highest BCUT2D eigenvalue weighted by Gasteiger charge is 2.38. The summed E-state index contributed by atoms with van der Waals surface area (Å²) in [6.45, 7) is 9.38. The Hall–Kier alpha value is -0.260. The quantitative estimate of drug-likeness (QED) is 0.850. The molecule has 2 heterocycles. The third-order valence-corrected chi connectivity index (χ3v) is 4.65. The predicted octanol–water partition coefficient (Wildman–Crippen LogP) is 2.04. The summed E-state index contributed by atoms with van der Waals surface area (Å²) in [7, 11) is 0. The second-order valence-electron chi connectivity index (χ2n) is 5.62. The van der Waals surface area contributed by atoms with Crippen molar-refractivity contribution in [1.82, 2.24) is 5.32 Å². The van der Waals surface area contributed by atoms with E-state index in [-0.39, 0.29) is 11.1 Å². The van der Waals surface area contributed by atoms with Crippen molar-refractivity contribution >= 4 is 16.9 Å². The van der Waals surface area contributed by atoms with Crippen LogP contribution in [0.3, 0.4) is 0 Å². The number of nitrogens with zero attached hydrogens (tertiary/aromatic N) is 1. The van der Waals surface area contributed by atoms with Gasteiger partial charge in [0.05, 0.1) is 17.7 Å². The van der Waals surface area contributed by atoms with Gasteiger partial charge in [0.25, 0.3) is 0 Å². The lowest BCUT2D eigenvalue weighted by Gasteiger charge is -2.32. The molecule has 1 N–H and O–H groups in total. The van der Waals surface area contributed by atoms with Gasteiger partial charge in [0.1, 0.15) is 0 Å². The summed E-state index contributed by atoms with van der Waals surface area (Å²) < 4.78 is 11.1. The Bertz CT molecular complexity index is 312. The van der Waals surface area contributed by atoms with Crippen LogP contribution >= 0.6 is 11.8 Å². The minimum Gasteiger partial charge on any atom is -0.381 e. The zero-order valence-electron chi connectivity index (χ0n) is 11.6. The van der Waals surface area contributed by atoms with Gasteiger partial charge < -0.3 is 14.8 Å². The standard InChI is InChI=1S/C13H24N2O2S/c1-4-17-12(2,3)9-14-11-15-13(10-18-11)5-7-16-8-6-13/h4-10H2,1-3H3,(H,14,15). The molecule has 2 saturated heterocycles. The van der Waals surface area contributed by atoms with Crippen molar-refractivity contribution in [2.75, 3.05) is 32.1 Å². The fraction of sp³-hybridized carbons (Fsp3) is 0.923. The number of aliphatic imine (C=N–C) groups is 1. The zero-order chi connectivity index (χ0) is 13.1. The summed E-state index contributed by atoms with van der Waals surface area (Å²) >= 11 is 1.83. The highest BCUT2D eigenvalue weighted by molar-refractivity contribution is 8.14. The van der Waals surface area contributed by atoms with Crippen molar-refractivity contribution in [2.24, 2.45) is 4.99 Å². The van der Waals surface area contributed by atoms with Crippen LogP contribution in [0.4, 0.5) is 0 Å². The van der Waals surface area contributed by atoms with Crippen LogP contribution in [-0.4, -0.2) is 48.4 Å². The van der Waals surface area contributed by atoms with Crippen LogP contribution in [-0.2, 0) is 9.47 Å². The van der Waals surface area contributed by atoms with Crippen molar-refractivity contribution in [3.63, 3.8) is 0 Å². The number of thioether (sulfide) groups is 1. The number of rotatable bonds is 4. The van der Waals surface area contributed by atoms with E-state index in [0.29, 0.717) is 6.54 Å². The van der Waals surface area contributed by atoms with Gasteiger partial charge in [0, 0.05) is 25.6 Å². The van der Waals surface area contributed by atoms with Crippen LogP contribution in [0.5, 0.6) is 0 Å². The molecular formula is C13H24N2O2S. The maximum atomic E-state index is 5.66. The van der Waals surface area contributed by atoms with Gasteiger partial charge in [-0.25, -0.2) is 0 Å². The molecule has 0 aromatic carbocycles. The Labute approximate surface area is 114 Å². The predicted molar refractivity (Wildman–Crippen MR) is 76.4 cm³/mol. The molecule has 5 heteroatoms. The van der Waals surface area contributed by atoms with Gasteiger partial charge in [0.15, 0.2) is 5.17 Å². The van der Waals surface area contributed by atoms with Crippen LogP contribution in [0, 0.1) is 0 Å². The monoisotopic (exact) mass is 272 g/mol. The molecule has 0 amide bonds. The molecule has 0 aromatic heterocycles. The molecule has 0 saturated carbocycles. The normalized spacial score (nSPS) is 25.6. The van der Waals surface area contributed by atoms with E-state index in [9.17, 15) is 0 Å². The number of nitrogens with one attached hydrogen (secondary N) is 1.